The van der Waals surface area contributed by atoms with Gasteiger partial charge in [-0.1, -0.05) is 11.6 Å². The molecule has 100 valence electrons. The lowest BCUT2D eigenvalue weighted by Crippen LogP contribution is -2.09. The van der Waals surface area contributed by atoms with Gasteiger partial charge in [0.05, 0.1) is 26.4 Å². The van der Waals surface area contributed by atoms with Gasteiger partial charge in [-0.25, -0.2) is 0 Å². The molecule has 1 fully saturated rings. The van der Waals surface area contributed by atoms with Crippen LogP contribution in [0, 0.1) is 0 Å². The predicted molar refractivity (Wildman–Crippen MR) is 71.3 cm³/mol. The minimum atomic E-state index is 0.354. The SMILES string of the molecule is COc1cc(OC)c(C2CCNC2)c(Cl)c1OC. The molecule has 4 nitrogen and oxygen atoms in total. The van der Waals surface area contributed by atoms with Gasteiger partial charge in [0.1, 0.15) is 5.75 Å². The second-order valence-electron chi connectivity index (χ2n) is 4.23. The summed E-state index contributed by atoms with van der Waals surface area (Å²) in [6.45, 7) is 1.91. The van der Waals surface area contributed by atoms with Crippen molar-refractivity contribution in [1.82, 2.24) is 5.32 Å². The van der Waals surface area contributed by atoms with Crippen LogP contribution in [-0.2, 0) is 0 Å². The van der Waals surface area contributed by atoms with Gasteiger partial charge in [-0.3, -0.25) is 0 Å². The van der Waals surface area contributed by atoms with E-state index in [4.69, 9.17) is 25.8 Å². The normalized spacial score (nSPS) is 18.8. The third-order valence-electron chi connectivity index (χ3n) is 3.30. The van der Waals surface area contributed by atoms with Gasteiger partial charge in [0.2, 0.25) is 0 Å². The predicted octanol–water partition coefficient (Wildman–Crippen LogP) is 2.44. The van der Waals surface area contributed by atoms with E-state index in [-0.39, 0.29) is 0 Å². The van der Waals surface area contributed by atoms with Crippen LogP contribution in [0.4, 0.5) is 0 Å². The topological polar surface area (TPSA) is 39.7 Å². The van der Waals surface area contributed by atoms with Gasteiger partial charge < -0.3 is 19.5 Å². The van der Waals surface area contributed by atoms with Crippen molar-refractivity contribution >= 4 is 11.6 Å². The van der Waals surface area contributed by atoms with E-state index in [0.29, 0.717) is 22.4 Å². The van der Waals surface area contributed by atoms with Crippen molar-refractivity contribution < 1.29 is 14.2 Å². The van der Waals surface area contributed by atoms with E-state index in [1.807, 2.05) is 6.07 Å². The molecule has 1 unspecified atom stereocenters. The van der Waals surface area contributed by atoms with Gasteiger partial charge in [-0.05, 0) is 13.0 Å². The molecular formula is C13H18ClNO3. The third-order valence-corrected chi connectivity index (χ3v) is 3.68. The van der Waals surface area contributed by atoms with Crippen molar-refractivity contribution in [3.63, 3.8) is 0 Å². The van der Waals surface area contributed by atoms with Crippen LogP contribution in [0.25, 0.3) is 0 Å². The van der Waals surface area contributed by atoms with E-state index in [1.165, 1.54) is 0 Å². The van der Waals surface area contributed by atoms with Crippen molar-refractivity contribution in [2.45, 2.75) is 12.3 Å². The molecule has 0 aromatic heterocycles. The van der Waals surface area contributed by atoms with Crippen LogP contribution in [0.1, 0.15) is 17.9 Å². The van der Waals surface area contributed by atoms with Gasteiger partial charge >= 0.3 is 0 Å². The fourth-order valence-electron chi connectivity index (χ4n) is 2.39. The fourth-order valence-corrected chi connectivity index (χ4v) is 2.81. The number of methoxy groups -OCH3 is 3. The highest BCUT2D eigenvalue weighted by atomic mass is 35.5. The monoisotopic (exact) mass is 271 g/mol. The maximum Gasteiger partial charge on any atom is 0.179 e. The number of benzene rings is 1. The molecule has 1 saturated heterocycles. The zero-order valence-corrected chi connectivity index (χ0v) is 11.6. The molecule has 1 heterocycles. The highest BCUT2D eigenvalue weighted by molar-refractivity contribution is 6.33. The Morgan fingerprint density at radius 1 is 1.17 bits per heavy atom. The average Bonchev–Trinajstić information content (AvgIpc) is 2.90. The molecule has 2 rings (SSSR count). The molecule has 0 saturated carbocycles. The Balaban J connectivity index is 2.54. The lowest BCUT2D eigenvalue weighted by molar-refractivity contribution is 0.347. The highest BCUT2D eigenvalue weighted by Crippen LogP contribution is 2.46. The maximum atomic E-state index is 6.44. The average molecular weight is 272 g/mol. The molecular weight excluding hydrogens is 254 g/mol. The first kappa shape index (κ1) is 13.3. The Morgan fingerprint density at radius 2 is 1.89 bits per heavy atom. The van der Waals surface area contributed by atoms with Crippen LogP contribution in [0.5, 0.6) is 17.2 Å². The third kappa shape index (κ3) is 2.22. The van der Waals surface area contributed by atoms with Crippen molar-refractivity contribution in [3.8, 4) is 17.2 Å². The number of ether oxygens (including phenoxy) is 3. The summed E-state index contributed by atoms with van der Waals surface area (Å²) in [4.78, 5) is 0. The minimum Gasteiger partial charge on any atom is -0.496 e. The lowest BCUT2D eigenvalue weighted by Gasteiger charge is -2.20. The van der Waals surface area contributed by atoms with Crippen LogP contribution in [0.3, 0.4) is 0 Å². The zero-order chi connectivity index (χ0) is 13.1. The molecule has 1 aromatic carbocycles. The number of rotatable bonds is 4. The van der Waals surface area contributed by atoms with Crippen LogP contribution >= 0.6 is 11.6 Å². The van der Waals surface area contributed by atoms with Crippen molar-refractivity contribution in [2.75, 3.05) is 34.4 Å². The lowest BCUT2D eigenvalue weighted by atomic mass is 9.96. The number of halogens is 1. The van der Waals surface area contributed by atoms with Crippen LogP contribution < -0.4 is 19.5 Å². The molecule has 1 atom stereocenters. The maximum absolute atomic E-state index is 6.44. The van der Waals surface area contributed by atoms with E-state index < -0.39 is 0 Å². The summed E-state index contributed by atoms with van der Waals surface area (Å²) in [5.41, 5.74) is 1.00. The summed E-state index contributed by atoms with van der Waals surface area (Å²) in [6.07, 6.45) is 1.05. The van der Waals surface area contributed by atoms with Gasteiger partial charge in [0.15, 0.2) is 11.5 Å². The number of hydrogen-bond acceptors (Lipinski definition) is 4. The Morgan fingerprint density at radius 3 is 2.39 bits per heavy atom. The van der Waals surface area contributed by atoms with Gasteiger partial charge in [-0.2, -0.15) is 0 Å². The molecule has 0 bridgehead atoms. The number of nitrogens with one attached hydrogen (secondary N) is 1. The molecule has 1 aliphatic rings. The van der Waals surface area contributed by atoms with E-state index in [9.17, 15) is 0 Å². The van der Waals surface area contributed by atoms with Gasteiger partial charge in [0, 0.05) is 24.1 Å². The summed E-state index contributed by atoms with van der Waals surface area (Å²) in [7, 11) is 4.82. The zero-order valence-electron chi connectivity index (χ0n) is 10.9. The van der Waals surface area contributed by atoms with Crippen LogP contribution in [0.15, 0.2) is 6.07 Å². The smallest absolute Gasteiger partial charge is 0.179 e. The van der Waals surface area contributed by atoms with Crippen LogP contribution in [0.2, 0.25) is 5.02 Å². The van der Waals surface area contributed by atoms with Crippen molar-refractivity contribution in [3.05, 3.63) is 16.7 Å². The van der Waals surface area contributed by atoms with Gasteiger partial charge in [-0.15, -0.1) is 0 Å². The first-order valence-electron chi connectivity index (χ1n) is 5.92. The summed E-state index contributed by atoms with van der Waals surface area (Å²) in [6, 6.07) is 1.83. The largest absolute Gasteiger partial charge is 0.496 e. The molecule has 1 aliphatic heterocycles. The highest BCUT2D eigenvalue weighted by Gasteiger charge is 2.27. The number of hydrogen-bond donors (Lipinski definition) is 1. The second-order valence-corrected chi connectivity index (χ2v) is 4.61. The van der Waals surface area contributed by atoms with Gasteiger partial charge in [0.25, 0.3) is 0 Å². The Kier molecular flexibility index (Phi) is 4.19. The van der Waals surface area contributed by atoms with Crippen molar-refractivity contribution in [2.24, 2.45) is 0 Å². The molecule has 0 aliphatic carbocycles. The molecule has 1 N–H and O–H groups in total. The van der Waals surface area contributed by atoms with Crippen LogP contribution in [-0.4, -0.2) is 34.4 Å². The fraction of sp³-hybridized carbons (Fsp3) is 0.538. The molecule has 18 heavy (non-hydrogen) atoms. The summed E-state index contributed by atoms with van der Waals surface area (Å²) in [5.74, 6) is 2.27. The van der Waals surface area contributed by atoms with E-state index in [2.05, 4.69) is 5.32 Å². The minimum absolute atomic E-state index is 0.354. The Bertz CT molecular complexity index is 431. The van der Waals surface area contributed by atoms with E-state index in [0.717, 1.165) is 30.8 Å². The first-order chi connectivity index (χ1) is 8.72. The summed E-state index contributed by atoms with van der Waals surface area (Å²) in [5, 5.41) is 3.91. The molecule has 0 amide bonds. The first-order valence-corrected chi connectivity index (χ1v) is 6.29. The summed E-state index contributed by atoms with van der Waals surface area (Å²) >= 11 is 6.44. The Labute approximate surface area is 112 Å². The van der Waals surface area contributed by atoms with E-state index >= 15 is 0 Å². The molecule has 0 radical (unpaired) electrons. The second kappa shape index (κ2) is 5.67. The standard InChI is InChI=1S/C13H18ClNO3/c1-16-9-6-10(17-2)13(18-3)12(14)11(9)8-4-5-15-7-8/h6,8,15H,4-5,7H2,1-3H3. The van der Waals surface area contributed by atoms with Crippen molar-refractivity contribution in [1.29, 1.82) is 0 Å². The molecule has 1 aromatic rings. The molecule has 0 spiro atoms. The summed E-state index contributed by atoms with van der Waals surface area (Å²) < 4.78 is 16.0. The molecule has 5 heteroatoms. The quantitative estimate of drug-likeness (QED) is 0.913. The Hall–Kier alpha value is -1.13. The van der Waals surface area contributed by atoms with E-state index in [1.54, 1.807) is 21.3 Å².